The van der Waals surface area contributed by atoms with Crippen LogP contribution in [0.25, 0.3) is 6.08 Å². The molecule has 156 valence electrons. The molecule has 1 aliphatic rings. The van der Waals surface area contributed by atoms with E-state index in [4.69, 9.17) is 14.2 Å². The molecule has 9 heteroatoms. The number of hydrogen-bond donors (Lipinski definition) is 1. The van der Waals surface area contributed by atoms with Crippen LogP contribution in [-0.4, -0.2) is 36.7 Å². The molecule has 0 spiro atoms. The molecule has 0 bridgehead atoms. The number of rotatable bonds is 8. The third-order valence-electron chi connectivity index (χ3n) is 4.44. The highest BCUT2D eigenvalue weighted by Crippen LogP contribution is 2.38. The molecule has 0 radical (unpaired) electrons. The minimum Gasteiger partial charge on any atom is -0.454 e. The predicted molar refractivity (Wildman–Crippen MR) is 107 cm³/mol. The molecule has 0 saturated heterocycles. The topological polar surface area (TPSA) is 117 Å². The average molecular weight is 412 g/mol. The van der Waals surface area contributed by atoms with Crippen LogP contribution in [0.15, 0.2) is 48.5 Å². The van der Waals surface area contributed by atoms with E-state index in [0.29, 0.717) is 12.3 Å². The number of nitrogens with zero attached hydrogens (tertiary/aromatic N) is 1. The van der Waals surface area contributed by atoms with Crippen LogP contribution in [0.3, 0.4) is 0 Å². The Labute approximate surface area is 172 Å². The third kappa shape index (κ3) is 5.34. The second-order valence-electron chi connectivity index (χ2n) is 6.58. The zero-order valence-electron chi connectivity index (χ0n) is 16.2. The summed E-state index contributed by atoms with van der Waals surface area (Å²) >= 11 is 0. The van der Waals surface area contributed by atoms with Gasteiger partial charge in [-0.15, -0.1) is 0 Å². The van der Waals surface area contributed by atoms with Crippen LogP contribution >= 0.6 is 0 Å². The lowest BCUT2D eigenvalue weighted by molar-refractivity contribution is -0.385. The number of carbonyl (C=O) groups excluding carboxylic acids is 2. The number of carbonyl (C=O) groups is 2. The summed E-state index contributed by atoms with van der Waals surface area (Å²) in [6, 6.07) is 12.3. The molecule has 0 saturated carbocycles. The second kappa shape index (κ2) is 9.55. The van der Waals surface area contributed by atoms with Gasteiger partial charge in [0.1, 0.15) is 0 Å². The first-order valence-corrected chi connectivity index (χ1v) is 9.18. The summed E-state index contributed by atoms with van der Waals surface area (Å²) < 4.78 is 15.2. The van der Waals surface area contributed by atoms with Crippen molar-refractivity contribution in [3.8, 4) is 11.5 Å². The maximum absolute atomic E-state index is 11.9. The van der Waals surface area contributed by atoms with Crippen LogP contribution in [0.2, 0.25) is 0 Å². The molecule has 1 N–H and O–H groups in total. The standard InChI is InChI=1S/C21H20N2O7/c1-14(15-5-3-2-4-6-15)11-22-20(24)12-28-21(25)8-7-16-9-18-19(30-13-29-18)10-17(16)23(26)27/h2-10,14H,11-13H2,1H3,(H,22,24)/b8-7+/t14-/m0/s1. The van der Waals surface area contributed by atoms with Crippen LogP contribution in [0.1, 0.15) is 24.0 Å². The molecule has 1 heterocycles. The molecule has 3 rings (SSSR count). The predicted octanol–water partition coefficient (Wildman–Crippen LogP) is 2.80. The van der Waals surface area contributed by atoms with E-state index in [9.17, 15) is 19.7 Å². The number of ether oxygens (including phenoxy) is 3. The Morgan fingerprint density at radius 2 is 1.93 bits per heavy atom. The van der Waals surface area contributed by atoms with E-state index in [0.717, 1.165) is 11.6 Å². The van der Waals surface area contributed by atoms with Gasteiger partial charge in [-0.05, 0) is 23.6 Å². The van der Waals surface area contributed by atoms with E-state index < -0.39 is 23.4 Å². The van der Waals surface area contributed by atoms with E-state index in [1.54, 1.807) is 0 Å². The SMILES string of the molecule is C[C@@H](CNC(=O)COC(=O)/C=C/c1cc2c(cc1[N+](=O)[O-])OCO2)c1ccccc1. The quantitative estimate of drug-likeness (QED) is 0.307. The van der Waals surface area contributed by atoms with Crippen LogP contribution in [0.4, 0.5) is 5.69 Å². The van der Waals surface area contributed by atoms with Gasteiger partial charge >= 0.3 is 5.97 Å². The number of nitro groups is 1. The van der Waals surface area contributed by atoms with E-state index in [-0.39, 0.29) is 29.7 Å². The Morgan fingerprint density at radius 3 is 2.63 bits per heavy atom. The number of benzene rings is 2. The van der Waals surface area contributed by atoms with Crippen LogP contribution < -0.4 is 14.8 Å². The minimum atomic E-state index is -0.798. The van der Waals surface area contributed by atoms with Gasteiger partial charge < -0.3 is 19.5 Å². The fourth-order valence-electron chi connectivity index (χ4n) is 2.80. The molecule has 2 aromatic carbocycles. The number of fused-ring (bicyclic) bond motifs is 1. The molecule has 1 atom stereocenters. The van der Waals surface area contributed by atoms with E-state index in [1.807, 2.05) is 37.3 Å². The summed E-state index contributed by atoms with van der Waals surface area (Å²) in [6.07, 6.45) is 2.25. The highest BCUT2D eigenvalue weighted by atomic mass is 16.7. The van der Waals surface area contributed by atoms with Gasteiger partial charge in [0.05, 0.1) is 16.6 Å². The molecule has 2 aromatic rings. The second-order valence-corrected chi connectivity index (χ2v) is 6.58. The first-order chi connectivity index (χ1) is 14.4. The maximum Gasteiger partial charge on any atom is 0.331 e. The lowest BCUT2D eigenvalue weighted by atomic mass is 10.0. The molecule has 9 nitrogen and oxygen atoms in total. The normalized spacial score (nSPS) is 13.1. The van der Waals surface area contributed by atoms with Crippen molar-refractivity contribution < 1.29 is 28.7 Å². The molecule has 0 aliphatic carbocycles. The van der Waals surface area contributed by atoms with Crippen molar-refractivity contribution in [2.45, 2.75) is 12.8 Å². The molecular formula is C21H20N2O7. The summed E-state index contributed by atoms with van der Waals surface area (Å²) in [6.45, 7) is 1.90. The van der Waals surface area contributed by atoms with Crippen molar-refractivity contribution in [1.29, 1.82) is 0 Å². The van der Waals surface area contributed by atoms with Crippen LogP contribution in [0, 0.1) is 10.1 Å². The molecule has 0 aromatic heterocycles. The van der Waals surface area contributed by atoms with Gasteiger partial charge in [0.15, 0.2) is 18.1 Å². The van der Waals surface area contributed by atoms with Gasteiger partial charge in [-0.3, -0.25) is 14.9 Å². The van der Waals surface area contributed by atoms with Crippen LogP contribution in [-0.2, 0) is 14.3 Å². The smallest absolute Gasteiger partial charge is 0.331 e. The molecule has 1 aliphatic heterocycles. The fraction of sp³-hybridized carbons (Fsp3) is 0.238. The summed E-state index contributed by atoms with van der Waals surface area (Å²) in [5.74, 6) is -0.512. The summed E-state index contributed by atoms with van der Waals surface area (Å²) in [4.78, 5) is 34.4. The Hall–Kier alpha value is -3.88. The Kier molecular flexibility index (Phi) is 6.63. The van der Waals surface area contributed by atoms with Gasteiger partial charge in [0, 0.05) is 12.6 Å². The van der Waals surface area contributed by atoms with Gasteiger partial charge in [-0.1, -0.05) is 37.3 Å². The average Bonchev–Trinajstić information content (AvgIpc) is 3.21. The van der Waals surface area contributed by atoms with Gasteiger partial charge in [-0.2, -0.15) is 0 Å². The molecule has 0 unspecified atom stereocenters. The highest BCUT2D eigenvalue weighted by molar-refractivity contribution is 5.90. The summed E-state index contributed by atoms with van der Waals surface area (Å²) in [5, 5.41) is 13.9. The van der Waals surface area contributed by atoms with Crippen molar-refractivity contribution in [2.24, 2.45) is 0 Å². The number of esters is 1. The van der Waals surface area contributed by atoms with E-state index in [1.165, 1.54) is 18.2 Å². The summed E-state index contributed by atoms with van der Waals surface area (Å²) in [7, 11) is 0. The highest BCUT2D eigenvalue weighted by Gasteiger charge is 2.22. The summed E-state index contributed by atoms with van der Waals surface area (Å²) in [5.41, 5.74) is 1.00. The Bertz CT molecular complexity index is 973. The van der Waals surface area contributed by atoms with E-state index >= 15 is 0 Å². The van der Waals surface area contributed by atoms with Crippen molar-refractivity contribution in [1.82, 2.24) is 5.32 Å². The number of nitrogens with one attached hydrogen (secondary N) is 1. The minimum absolute atomic E-state index is 0.0281. The zero-order chi connectivity index (χ0) is 21.5. The van der Waals surface area contributed by atoms with Crippen molar-refractivity contribution in [3.05, 3.63) is 69.8 Å². The largest absolute Gasteiger partial charge is 0.454 e. The van der Waals surface area contributed by atoms with E-state index in [2.05, 4.69) is 5.32 Å². The monoisotopic (exact) mass is 412 g/mol. The zero-order valence-corrected chi connectivity index (χ0v) is 16.2. The number of nitro benzene ring substituents is 1. The Morgan fingerprint density at radius 1 is 1.23 bits per heavy atom. The fourth-order valence-corrected chi connectivity index (χ4v) is 2.80. The molecule has 30 heavy (non-hydrogen) atoms. The molecular weight excluding hydrogens is 392 g/mol. The van der Waals surface area contributed by atoms with Crippen LogP contribution in [0.5, 0.6) is 11.5 Å². The molecule has 0 fully saturated rings. The number of amides is 1. The number of hydrogen-bond acceptors (Lipinski definition) is 7. The van der Waals surface area contributed by atoms with Gasteiger partial charge in [0.2, 0.25) is 6.79 Å². The third-order valence-corrected chi connectivity index (χ3v) is 4.44. The lowest BCUT2D eigenvalue weighted by Crippen LogP contribution is -2.31. The lowest BCUT2D eigenvalue weighted by Gasteiger charge is -2.12. The first kappa shape index (κ1) is 20.8. The van der Waals surface area contributed by atoms with Crippen molar-refractivity contribution in [3.63, 3.8) is 0 Å². The maximum atomic E-state index is 11.9. The van der Waals surface area contributed by atoms with Crippen molar-refractivity contribution in [2.75, 3.05) is 19.9 Å². The first-order valence-electron chi connectivity index (χ1n) is 9.18. The molecule has 1 amide bonds. The van der Waals surface area contributed by atoms with Gasteiger partial charge in [-0.25, -0.2) is 4.79 Å². The van der Waals surface area contributed by atoms with Gasteiger partial charge in [0.25, 0.3) is 11.6 Å². The Balaban J connectivity index is 1.50. The van der Waals surface area contributed by atoms with Crippen molar-refractivity contribution >= 4 is 23.6 Å².